The van der Waals surface area contributed by atoms with Crippen LogP contribution in [0.25, 0.3) is 0 Å². The van der Waals surface area contributed by atoms with Gasteiger partial charge < -0.3 is 4.74 Å². The van der Waals surface area contributed by atoms with E-state index in [9.17, 15) is 14.4 Å². The molecule has 0 saturated carbocycles. The Morgan fingerprint density at radius 2 is 2.42 bits per heavy atom. The van der Waals surface area contributed by atoms with Crippen LogP contribution < -0.4 is 0 Å². The van der Waals surface area contributed by atoms with Crippen LogP contribution in [-0.2, 0) is 19.1 Å². The summed E-state index contributed by atoms with van der Waals surface area (Å²) in [5, 5.41) is 0. The Morgan fingerprint density at radius 1 is 1.75 bits per heavy atom. The number of nitrogens with zero attached hydrogens (tertiary/aromatic N) is 1. The molecule has 5 heteroatoms. The molecule has 1 heterocycles. The van der Waals surface area contributed by atoms with Crippen molar-refractivity contribution in [1.82, 2.24) is 4.90 Å². The van der Waals surface area contributed by atoms with Gasteiger partial charge >= 0.3 is 5.97 Å². The Bertz CT molecular complexity index is 225. The molecular formula is C7H9NO4. The maximum atomic E-state index is 11.0. The first-order valence-corrected chi connectivity index (χ1v) is 3.55. The smallest absolute Gasteiger partial charge is 0.329 e. The van der Waals surface area contributed by atoms with Crippen LogP contribution in [0.5, 0.6) is 0 Å². The highest BCUT2D eigenvalue weighted by molar-refractivity contribution is 5.95. The van der Waals surface area contributed by atoms with E-state index in [4.69, 9.17) is 0 Å². The van der Waals surface area contributed by atoms with E-state index in [0.29, 0.717) is 12.8 Å². The SMILES string of the molecule is COC(=O)C1CCC(=O)N1C=O. The standard InChI is InChI=1S/C7H9NO4/c1-12-7(11)5-2-3-6(10)8(5)4-9/h4-5H,2-3H2,1H3. The molecule has 0 bridgehead atoms. The largest absolute Gasteiger partial charge is 0.467 e. The van der Waals surface area contributed by atoms with Gasteiger partial charge in [0.05, 0.1) is 7.11 Å². The third-order valence-electron chi connectivity index (χ3n) is 1.84. The molecule has 1 saturated heterocycles. The predicted octanol–water partition coefficient (Wildman–Crippen LogP) is -0.693. The molecule has 5 nitrogen and oxygen atoms in total. The molecule has 66 valence electrons. The molecule has 0 N–H and O–H groups in total. The van der Waals surface area contributed by atoms with E-state index in [1.54, 1.807) is 0 Å². The zero-order valence-corrected chi connectivity index (χ0v) is 6.65. The molecular weight excluding hydrogens is 162 g/mol. The van der Waals surface area contributed by atoms with Crippen LogP contribution in [-0.4, -0.2) is 36.3 Å². The summed E-state index contributed by atoms with van der Waals surface area (Å²) in [5.41, 5.74) is 0. The minimum atomic E-state index is -0.708. The monoisotopic (exact) mass is 171 g/mol. The number of methoxy groups -OCH3 is 1. The molecule has 0 spiro atoms. The first-order chi connectivity index (χ1) is 5.70. The van der Waals surface area contributed by atoms with Gasteiger partial charge in [0.25, 0.3) is 0 Å². The quantitative estimate of drug-likeness (QED) is 0.407. The van der Waals surface area contributed by atoms with Crippen molar-refractivity contribution in [3.05, 3.63) is 0 Å². The topological polar surface area (TPSA) is 63.7 Å². The van der Waals surface area contributed by atoms with Crippen LogP contribution in [0.3, 0.4) is 0 Å². The van der Waals surface area contributed by atoms with Crippen molar-refractivity contribution in [3.63, 3.8) is 0 Å². The molecule has 0 radical (unpaired) electrons. The second-order valence-electron chi connectivity index (χ2n) is 2.48. The minimum Gasteiger partial charge on any atom is -0.467 e. The van der Waals surface area contributed by atoms with Crippen molar-refractivity contribution < 1.29 is 19.1 Å². The summed E-state index contributed by atoms with van der Waals surface area (Å²) in [6, 6.07) is -0.708. The summed E-state index contributed by atoms with van der Waals surface area (Å²) >= 11 is 0. The average Bonchev–Trinajstić information content (AvgIpc) is 2.45. The predicted molar refractivity (Wildman–Crippen MR) is 37.9 cm³/mol. The normalized spacial score (nSPS) is 22.6. The van der Waals surface area contributed by atoms with Crippen LogP contribution in [0, 0.1) is 0 Å². The van der Waals surface area contributed by atoms with Crippen LogP contribution in [0.4, 0.5) is 0 Å². The van der Waals surface area contributed by atoms with E-state index in [2.05, 4.69) is 4.74 Å². The van der Waals surface area contributed by atoms with E-state index in [0.717, 1.165) is 4.90 Å². The molecule has 1 rings (SSSR count). The van der Waals surface area contributed by atoms with E-state index in [1.165, 1.54) is 7.11 Å². The Kier molecular flexibility index (Phi) is 2.42. The molecule has 1 unspecified atom stereocenters. The summed E-state index contributed by atoms with van der Waals surface area (Å²) in [6.07, 6.45) is 0.972. The van der Waals surface area contributed by atoms with Gasteiger partial charge in [-0.05, 0) is 6.42 Å². The second-order valence-corrected chi connectivity index (χ2v) is 2.48. The van der Waals surface area contributed by atoms with E-state index in [1.807, 2.05) is 0 Å². The number of carbonyl (C=O) groups excluding carboxylic acids is 3. The van der Waals surface area contributed by atoms with Gasteiger partial charge in [-0.3, -0.25) is 14.5 Å². The van der Waals surface area contributed by atoms with Gasteiger partial charge in [-0.1, -0.05) is 0 Å². The molecule has 0 aromatic carbocycles. The molecule has 0 aliphatic carbocycles. The highest BCUT2D eigenvalue weighted by Gasteiger charge is 2.36. The fourth-order valence-corrected chi connectivity index (χ4v) is 1.20. The van der Waals surface area contributed by atoms with Crippen molar-refractivity contribution >= 4 is 18.3 Å². The third kappa shape index (κ3) is 1.30. The van der Waals surface area contributed by atoms with Crippen molar-refractivity contribution in [1.29, 1.82) is 0 Å². The molecule has 0 aromatic heterocycles. The third-order valence-corrected chi connectivity index (χ3v) is 1.84. The lowest BCUT2D eigenvalue weighted by Crippen LogP contribution is -2.38. The number of carbonyl (C=O) groups is 3. The van der Waals surface area contributed by atoms with Gasteiger partial charge in [-0.2, -0.15) is 0 Å². The first kappa shape index (κ1) is 8.70. The van der Waals surface area contributed by atoms with Gasteiger partial charge in [-0.25, -0.2) is 4.79 Å². The fraction of sp³-hybridized carbons (Fsp3) is 0.571. The van der Waals surface area contributed by atoms with E-state index >= 15 is 0 Å². The summed E-state index contributed by atoms with van der Waals surface area (Å²) in [4.78, 5) is 33.1. The highest BCUT2D eigenvalue weighted by Crippen LogP contribution is 2.17. The van der Waals surface area contributed by atoms with Gasteiger partial charge in [0.15, 0.2) is 0 Å². The number of hydrogen-bond acceptors (Lipinski definition) is 4. The number of hydrogen-bond donors (Lipinski definition) is 0. The average molecular weight is 171 g/mol. The van der Waals surface area contributed by atoms with E-state index < -0.39 is 12.0 Å². The maximum absolute atomic E-state index is 11.0. The fourth-order valence-electron chi connectivity index (χ4n) is 1.20. The van der Waals surface area contributed by atoms with Gasteiger partial charge in [0.2, 0.25) is 12.3 Å². The zero-order chi connectivity index (χ0) is 9.14. The first-order valence-electron chi connectivity index (χ1n) is 3.55. The summed E-state index contributed by atoms with van der Waals surface area (Å²) in [5.74, 6) is -0.853. The van der Waals surface area contributed by atoms with Gasteiger partial charge in [-0.15, -0.1) is 0 Å². The highest BCUT2D eigenvalue weighted by atomic mass is 16.5. The number of amides is 2. The molecule has 1 atom stereocenters. The number of esters is 1. The van der Waals surface area contributed by atoms with Crippen molar-refractivity contribution in [2.75, 3.05) is 7.11 Å². The number of ether oxygens (including phenoxy) is 1. The number of imide groups is 1. The van der Waals surface area contributed by atoms with Gasteiger partial charge in [0, 0.05) is 6.42 Å². The lowest BCUT2D eigenvalue weighted by Gasteiger charge is -2.14. The summed E-state index contributed by atoms with van der Waals surface area (Å²) in [6.45, 7) is 0. The Hall–Kier alpha value is -1.39. The van der Waals surface area contributed by atoms with Crippen molar-refractivity contribution in [3.8, 4) is 0 Å². The molecule has 1 aliphatic heterocycles. The Morgan fingerprint density at radius 3 is 2.92 bits per heavy atom. The van der Waals surface area contributed by atoms with Crippen molar-refractivity contribution in [2.24, 2.45) is 0 Å². The zero-order valence-electron chi connectivity index (χ0n) is 6.65. The van der Waals surface area contributed by atoms with Gasteiger partial charge in [0.1, 0.15) is 6.04 Å². The number of likely N-dealkylation sites (tertiary alicyclic amines) is 1. The minimum absolute atomic E-state index is 0.235. The molecule has 1 fully saturated rings. The van der Waals surface area contributed by atoms with Crippen LogP contribution >= 0.6 is 0 Å². The van der Waals surface area contributed by atoms with E-state index in [-0.39, 0.29) is 12.3 Å². The lowest BCUT2D eigenvalue weighted by atomic mass is 10.2. The van der Waals surface area contributed by atoms with Crippen LogP contribution in [0.1, 0.15) is 12.8 Å². The lowest BCUT2D eigenvalue weighted by molar-refractivity contribution is -0.152. The summed E-state index contributed by atoms with van der Waals surface area (Å²) < 4.78 is 4.42. The van der Waals surface area contributed by atoms with Crippen LogP contribution in [0.2, 0.25) is 0 Å². The molecule has 0 aromatic rings. The second kappa shape index (κ2) is 3.34. The molecule has 1 aliphatic rings. The molecule has 2 amide bonds. The Balaban J connectivity index is 2.72. The maximum Gasteiger partial charge on any atom is 0.329 e. The summed E-state index contributed by atoms with van der Waals surface area (Å²) in [7, 11) is 1.23. The molecule has 12 heavy (non-hydrogen) atoms. The van der Waals surface area contributed by atoms with Crippen molar-refractivity contribution in [2.45, 2.75) is 18.9 Å². The Labute approximate surface area is 69.3 Å². The van der Waals surface area contributed by atoms with Crippen LogP contribution in [0.15, 0.2) is 0 Å². The number of rotatable bonds is 2.